The number of esters is 1. The van der Waals surface area contributed by atoms with Gasteiger partial charge in [0.15, 0.2) is 17.5 Å². The molecule has 0 atom stereocenters. The highest BCUT2D eigenvalue weighted by Crippen LogP contribution is 2.37. The van der Waals surface area contributed by atoms with Crippen molar-refractivity contribution < 1.29 is 19.0 Å². The van der Waals surface area contributed by atoms with E-state index in [1.165, 1.54) is 0 Å². The summed E-state index contributed by atoms with van der Waals surface area (Å²) in [5.41, 5.74) is 14.7. The average molecular weight is 348 g/mol. The smallest absolute Gasteiger partial charge is 0.344 e. The number of nitrogens with two attached hydrogens (primary N) is 3. The lowest BCUT2D eigenvalue weighted by molar-refractivity contribution is 0.0592. The van der Waals surface area contributed by atoms with E-state index in [-0.39, 0.29) is 22.1 Å². The fourth-order valence-corrected chi connectivity index (χ4v) is 1.67. The summed E-state index contributed by atoms with van der Waals surface area (Å²) in [6.07, 6.45) is 0. The van der Waals surface area contributed by atoms with Crippen molar-refractivity contribution in [3.63, 3.8) is 0 Å². The number of aromatic hydroxyl groups is 1. The number of guanidine groups is 2. The standard InChI is InChI=1S/C10H11BrFN5O3/c1-20-8(19)5-6(12)3(11)2-4(7(5)18)16-10(15)17-9(13)14/h2,18H,1H3,(H6,13,14,15,16,17). The Bertz CT molecular complexity index is 613. The first-order chi connectivity index (χ1) is 9.27. The fraction of sp³-hybridized carbons (Fsp3) is 0.100. The number of ether oxygens (including phenoxy) is 1. The molecule has 0 aliphatic heterocycles. The summed E-state index contributed by atoms with van der Waals surface area (Å²) in [5, 5.41) is 9.84. The molecule has 0 aromatic heterocycles. The Morgan fingerprint density at radius 3 is 2.55 bits per heavy atom. The van der Waals surface area contributed by atoms with E-state index in [0.717, 1.165) is 13.2 Å². The molecule has 20 heavy (non-hydrogen) atoms. The molecule has 0 aliphatic carbocycles. The minimum Gasteiger partial charge on any atom is -0.505 e. The molecule has 0 fully saturated rings. The van der Waals surface area contributed by atoms with Crippen LogP contribution in [0.15, 0.2) is 20.5 Å². The summed E-state index contributed by atoms with van der Waals surface area (Å²) in [7, 11) is 1.04. The first-order valence-corrected chi connectivity index (χ1v) is 5.80. The van der Waals surface area contributed by atoms with Gasteiger partial charge in [0.05, 0.1) is 11.6 Å². The molecule has 1 aromatic rings. The van der Waals surface area contributed by atoms with Crippen molar-refractivity contribution in [2.45, 2.75) is 0 Å². The van der Waals surface area contributed by atoms with Crippen molar-refractivity contribution in [1.82, 2.24) is 0 Å². The van der Waals surface area contributed by atoms with Crippen LogP contribution in [0.1, 0.15) is 10.4 Å². The third-order valence-electron chi connectivity index (χ3n) is 2.04. The van der Waals surface area contributed by atoms with Gasteiger partial charge < -0.3 is 27.0 Å². The molecule has 0 aliphatic rings. The van der Waals surface area contributed by atoms with Crippen LogP contribution in [0.25, 0.3) is 0 Å². The minimum atomic E-state index is -1.07. The monoisotopic (exact) mass is 347 g/mol. The summed E-state index contributed by atoms with van der Waals surface area (Å²) in [6, 6.07) is 1.10. The predicted octanol–water partition coefficient (Wildman–Crippen LogP) is 0.300. The molecule has 0 radical (unpaired) electrons. The van der Waals surface area contributed by atoms with Crippen molar-refractivity contribution in [3.8, 4) is 5.75 Å². The van der Waals surface area contributed by atoms with Gasteiger partial charge in [-0.05, 0) is 22.0 Å². The van der Waals surface area contributed by atoms with E-state index in [1.54, 1.807) is 0 Å². The van der Waals surface area contributed by atoms with Gasteiger partial charge in [-0.2, -0.15) is 4.99 Å². The van der Waals surface area contributed by atoms with Crippen LogP contribution < -0.4 is 17.2 Å². The molecule has 108 valence electrons. The molecular formula is C10H11BrFN5O3. The Hall–Kier alpha value is -2.36. The quantitative estimate of drug-likeness (QED) is 0.343. The Morgan fingerprint density at radius 1 is 1.45 bits per heavy atom. The van der Waals surface area contributed by atoms with Crippen LogP contribution in [0.4, 0.5) is 10.1 Å². The maximum atomic E-state index is 13.8. The molecule has 0 saturated heterocycles. The van der Waals surface area contributed by atoms with Crippen LogP contribution in [0.3, 0.4) is 0 Å². The molecule has 1 aromatic carbocycles. The molecule has 1 rings (SSSR count). The van der Waals surface area contributed by atoms with Gasteiger partial charge in [-0.25, -0.2) is 14.2 Å². The Kier molecular flexibility index (Phi) is 4.86. The zero-order valence-electron chi connectivity index (χ0n) is 10.2. The highest BCUT2D eigenvalue weighted by Gasteiger charge is 2.23. The second-order valence-electron chi connectivity index (χ2n) is 3.41. The molecule has 0 amide bonds. The van der Waals surface area contributed by atoms with Gasteiger partial charge in [-0.15, -0.1) is 0 Å². The lowest BCUT2D eigenvalue weighted by Crippen LogP contribution is -2.26. The van der Waals surface area contributed by atoms with Gasteiger partial charge in [0.2, 0.25) is 5.96 Å². The van der Waals surface area contributed by atoms with E-state index >= 15 is 0 Å². The maximum absolute atomic E-state index is 13.8. The van der Waals surface area contributed by atoms with Gasteiger partial charge in [0.1, 0.15) is 11.3 Å². The van der Waals surface area contributed by atoms with Crippen molar-refractivity contribution in [2.24, 2.45) is 27.2 Å². The van der Waals surface area contributed by atoms with Crippen molar-refractivity contribution in [3.05, 3.63) is 21.9 Å². The van der Waals surface area contributed by atoms with E-state index in [4.69, 9.17) is 17.2 Å². The van der Waals surface area contributed by atoms with E-state index in [0.29, 0.717) is 0 Å². The molecular weight excluding hydrogens is 337 g/mol. The summed E-state index contributed by atoms with van der Waals surface area (Å²) in [5.74, 6) is -3.53. The Balaban J connectivity index is 3.48. The predicted molar refractivity (Wildman–Crippen MR) is 74.2 cm³/mol. The SMILES string of the molecule is COC(=O)c1c(O)c(N=C(N)N=C(N)N)cc(Br)c1F. The number of rotatable bonds is 2. The van der Waals surface area contributed by atoms with E-state index in [2.05, 4.69) is 30.7 Å². The van der Waals surface area contributed by atoms with Crippen LogP contribution in [0, 0.1) is 5.82 Å². The third-order valence-corrected chi connectivity index (χ3v) is 2.62. The van der Waals surface area contributed by atoms with E-state index in [9.17, 15) is 14.3 Å². The highest BCUT2D eigenvalue weighted by molar-refractivity contribution is 9.10. The zero-order chi connectivity index (χ0) is 15.4. The number of phenolic OH excluding ortho intramolecular Hbond substituents is 1. The molecule has 7 N–H and O–H groups in total. The lowest BCUT2D eigenvalue weighted by atomic mass is 10.1. The first-order valence-electron chi connectivity index (χ1n) is 5.01. The van der Waals surface area contributed by atoms with E-state index in [1.807, 2.05) is 0 Å². The number of methoxy groups -OCH3 is 1. The summed E-state index contributed by atoms with van der Waals surface area (Å²) < 4.78 is 18.0. The van der Waals surface area contributed by atoms with Gasteiger partial charge in [0, 0.05) is 0 Å². The highest BCUT2D eigenvalue weighted by atomic mass is 79.9. The van der Waals surface area contributed by atoms with Crippen molar-refractivity contribution in [2.75, 3.05) is 7.11 Å². The fourth-order valence-electron chi connectivity index (χ4n) is 1.26. The Morgan fingerprint density at radius 2 is 2.05 bits per heavy atom. The second kappa shape index (κ2) is 6.19. The first kappa shape index (κ1) is 15.7. The molecule has 8 nitrogen and oxygen atoms in total. The number of carbonyl (C=O) groups is 1. The van der Waals surface area contributed by atoms with Crippen LogP contribution in [0.5, 0.6) is 5.75 Å². The molecule has 0 saturated carbocycles. The summed E-state index contributed by atoms with van der Waals surface area (Å²) >= 11 is 2.88. The number of hydrogen-bond donors (Lipinski definition) is 4. The topological polar surface area (TPSA) is 149 Å². The van der Waals surface area contributed by atoms with Crippen LogP contribution >= 0.6 is 15.9 Å². The molecule has 0 heterocycles. The average Bonchev–Trinajstić information content (AvgIpc) is 2.34. The second-order valence-corrected chi connectivity index (χ2v) is 4.27. The van der Waals surface area contributed by atoms with Crippen LogP contribution in [-0.4, -0.2) is 30.1 Å². The number of hydrogen-bond acceptors (Lipinski definition) is 4. The van der Waals surface area contributed by atoms with Gasteiger partial charge >= 0.3 is 5.97 Å². The summed E-state index contributed by atoms with van der Waals surface area (Å²) in [4.78, 5) is 18.5. The number of benzene rings is 1. The number of aliphatic imine (C=N–C) groups is 2. The van der Waals surface area contributed by atoms with Gasteiger partial charge in [-0.3, -0.25) is 0 Å². The van der Waals surface area contributed by atoms with Gasteiger partial charge in [0.25, 0.3) is 0 Å². The number of carbonyl (C=O) groups excluding carboxylic acids is 1. The van der Waals surface area contributed by atoms with Crippen molar-refractivity contribution in [1.29, 1.82) is 0 Å². The molecule has 0 unspecified atom stereocenters. The number of nitrogens with zero attached hydrogens (tertiary/aromatic N) is 2. The van der Waals surface area contributed by atoms with Gasteiger partial charge in [-0.1, -0.05) is 0 Å². The van der Waals surface area contributed by atoms with E-state index < -0.39 is 23.1 Å². The molecule has 10 heteroatoms. The number of halogens is 2. The zero-order valence-corrected chi connectivity index (χ0v) is 11.8. The molecule has 0 spiro atoms. The number of phenols is 1. The Labute approximate surface area is 121 Å². The third kappa shape index (κ3) is 3.35. The summed E-state index contributed by atoms with van der Waals surface area (Å²) in [6.45, 7) is 0. The van der Waals surface area contributed by atoms with Crippen LogP contribution in [-0.2, 0) is 4.74 Å². The van der Waals surface area contributed by atoms with Crippen molar-refractivity contribution >= 4 is 39.5 Å². The molecule has 0 bridgehead atoms. The lowest BCUT2D eigenvalue weighted by Gasteiger charge is -2.08. The van der Waals surface area contributed by atoms with Crippen LogP contribution in [0.2, 0.25) is 0 Å². The maximum Gasteiger partial charge on any atom is 0.344 e. The minimum absolute atomic E-state index is 0.119. The largest absolute Gasteiger partial charge is 0.505 e. The normalized spacial score (nSPS) is 11.1.